The molecule has 1 atom stereocenters. The van der Waals surface area contributed by atoms with Crippen molar-refractivity contribution in [3.8, 4) is 11.3 Å². The summed E-state index contributed by atoms with van der Waals surface area (Å²) in [6.45, 7) is 2.27. The third-order valence-electron chi connectivity index (χ3n) is 3.27. The highest BCUT2D eigenvalue weighted by atomic mass is 19.4. The summed E-state index contributed by atoms with van der Waals surface area (Å²) < 4.78 is 52.9. The van der Waals surface area contributed by atoms with E-state index in [1.165, 1.54) is 32.2 Å². The molecule has 1 unspecified atom stereocenters. The number of hydrogen-bond donors (Lipinski definition) is 0. The molecule has 0 saturated heterocycles. The Morgan fingerprint density at radius 2 is 1.81 bits per heavy atom. The fourth-order valence-corrected chi connectivity index (χ4v) is 2.14. The highest BCUT2D eigenvalue weighted by Gasteiger charge is 2.30. The molecule has 6 nitrogen and oxygen atoms in total. The molecule has 2 rings (SSSR count). The fourth-order valence-electron chi connectivity index (χ4n) is 2.14. The van der Waals surface area contributed by atoms with Crippen molar-refractivity contribution in [3.63, 3.8) is 0 Å². The smallest absolute Gasteiger partial charge is 0.416 e. The van der Waals surface area contributed by atoms with E-state index in [1.807, 2.05) is 0 Å². The third-order valence-corrected chi connectivity index (χ3v) is 3.27. The maximum atomic E-state index is 12.6. The molecule has 0 saturated carbocycles. The van der Waals surface area contributed by atoms with Crippen molar-refractivity contribution in [3.05, 3.63) is 42.0 Å². The van der Waals surface area contributed by atoms with Gasteiger partial charge in [-0.3, -0.25) is 9.59 Å². The van der Waals surface area contributed by atoms with E-state index in [9.17, 15) is 22.8 Å². The van der Waals surface area contributed by atoms with Crippen LogP contribution in [0.2, 0.25) is 0 Å². The molecule has 0 aliphatic carbocycles. The first-order valence-electron chi connectivity index (χ1n) is 7.57. The summed E-state index contributed by atoms with van der Waals surface area (Å²) in [6.07, 6.45) is -3.86. The molecule has 0 bridgehead atoms. The average Bonchev–Trinajstić information content (AvgIpc) is 3.00. The Morgan fingerprint density at radius 1 is 1.15 bits per heavy atom. The summed E-state index contributed by atoms with van der Waals surface area (Å²) in [7, 11) is 0. The van der Waals surface area contributed by atoms with Crippen molar-refractivity contribution >= 4 is 11.9 Å². The SMILES string of the molecule is CC(=O)OCC(Cc1nc(-c2ccc(C(F)(F)F)cc2)co1)OC(C)=O. The molecule has 1 heterocycles. The average molecular weight is 371 g/mol. The monoisotopic (exact) mass is 371 g/mol. The van der Waals surface area contributed by atoms with Gasteiger partial charge < -0.3 is 13.9 Å². The predicted octanol–water partition coefficient (Wildman–Crippen LogP) is 3.40. The van der Waals surface area contributed by atoms with E-state index in [2.05, 4.69) is 4.98 Å². The molecule has 1 aromatic heterocycles. The van der Waals surface area contributed by atoms with Crippen LogP contribution in [0.25, 0.3) is 11.3 Å². The predicted molar refractivity (Wildman–Crippen MR) is 82.8 cm³/mol. The number of benzene rings is 1. The molecule has 0 spiro atoms. The van der Waals surface area contributed by atoms with Crippen molar-refractivity contribution in [2.75, 3.05) is 6.61 Å². The summed E-state index contributed by atoms with van der Waals surface area (Å²) in [5, 5.41) is 0. The molecular formula is C17H16F3NO5. The number of alkyl halides is 3. The molecule has 0 aliphatic heterocycles. The Balaban J connectivity index is 2.09. The van der Waals surface area contributed by atoms with Gasteiger partial charge in [0.1, 0.15) is 24.7 Å². The minimum Gasteiger partial charge on any atom is -0.462 e. The molecule has 9 heteroatoms. The second-order valence-corrected chi connectivity index (χ2v) is 5.44. The summed E-state index contributed by atoms with van der Waals surface area (Å²) in [5.74, 6) is -0.894. The van der Waals surface area contributed by atoms with Crippen molar-refractivity contribution in [1.29, 1.82) is 0 Å². The Bertz CT molecular complexity index is 767. The zero-order valence-electron chi connectivity index (χ0n) is 14.0. The molecule has 0 radical (unpaired) electrons. The summed E-state index contributed by atoms with van der Waals surface area (Å²) in [5.41, 5.74) is 0.0149. The number of hydrogen-bond acceptors (Lipinski definition) is 6. The molecule has 1 aromatic carbocycles. The number of oxazole rings is 1. The van der Waals surface area contributed by atoms with Gasteiger partial charge in [-0.1, -0.05) is 12.1 Å². The highest BCUT2D eigenvalue weighted by molar-refractivity contribution is 5.67. The zero-order chi connectivity index (χ0) is 19.3. The fraction of sp³-hybridized carbons (Fsp3) is 0.353. The minimum absolute atomic E-state index is 0.0491. The first-order valence-corrected chi connectivity index (χ1v) is 7.57. The number of carbonyl (C=O) groups is 2. The van der Waals surface area contributed by atoms with Crippen LogP contribution in [-0.4, -0.2) is 29.6 Å². The molecule has 0 N–H and O–H groups in total. The van der Waals surface area contributed by atoms with E-state index in [1.54, 1.807) is 0 Å². The van der Waals surface area contributed by atoms with Gasteiger partial charge in [0.25, 0.3) is 0 Å². The maximum Gasteiger partial charge on any atom is 0.416 e. The lowest BCUT2D eigenvalue weighted by Crippen LogP contribution is -2.26. The lowest BCUT2D eigenvalue weighted by Gasteiger charge is -2.14. The number of carbonyl (C=O) groups excluding carboxylic acids is 2. The maximum absolute atomic E-state index is 12.6. The highest BCUT2D eigenvalue weighted by Crippen LogP contribution is 2.30. The molecular weight excluding hydrogens is 355 g/mol. The number of aromatic nitrogens is 1. The summed E-state index contributed by atoms with van der Waals surface area (Å²) in [6, 6.07) is 4.47. The molecule has 0 amide bonds. The lowest BCUT2D eigenvalue weighted by atomic mass is 10.1. The second kappa shape index (κ2) is 8.03. The van der Waals surface area contributed by atoms with E-state index in [0.29, 0.717) is 11.3 Å². The molecule has 2 aromatic rings. The quantitative estimate of drug-likeness (QED) is 0.724. The van der Waals surface area contributed by atoms with Crippen LogP contribution >= 0.6 is 0 Å². The van der Waals surface area contributed by atoms with Gasteiger partial charge in [0, 0.05) is 19.4 Å². The van der Waals surface area contributed by atoms with Crippen LogP contribution in [0.1, 0.15) is 25.3 Å². The van der Waals surface area contributed by atoms with Crippen molar-refractivity contribution in [1.82, 2.24) is 4.98 Å². The van der Waals surface area contributed by atoms with Crippen molar-refractivity contribution in [2.45, 2.75) is 32.5 Å². The molecule has 0 fully saturated rings. The zero-order valence-corrected chi connectivity index (χ0v) is 14.0. The van der Waals surface area contributed by atoms with E-state index < -0.39 is 29.8 Å². The van der Waals surface area contributed by atoms with E-state index in [4.69, 9.17) is 13.9 Å². The largest absolute Gasteiger partial charge is 0.462 e. The van der Waals surface area contributed by atoms with Crippen LogP contribution in [-0.2, 0) is 31.7 Å². The van der Waals surface area contributed by atoms with Gasteiger partial charge in [0.05, 0.1) is 12.0 Å². The van der Waals surface area contributed by atoms with Crippen LogP contribution in [0.3, 0.4) is 0 Å². The third kappa shape index (κ3) is 5.61. The number of nitrogens with zero attached hydrogens (tertiary/aromatic N) is 1. The number of ether oxygens (including phenoxy) is 2. The van der Waals surface area contributed by atoms with Crippen LogP contribution in [0.4, 0.5) is 13.2 Å². The first-order chi connectivity index (χ1) is 12.1. The van der Waals surface area contributed by atoms with Crippen LogP contribution in [0, 0.1) is 0 Å². The molecule has 140 valence electrons. The topological polar surface area (TPSA) is 78.6 Å². The standard InChI is InChI=1S/C17H16F3NO5/c1-10(22)24-8-14(26-11(2)23)7-16-21-15(9-25-16)12-3-5-13(6-4-12)17(18,19)20/h3-6,9,14H,7-8H2,1-2H3. The van der Waals surface area contributed by atoms with Gasteiger partial charge in [0.15, 0.2) is 5.89 Å². The van der Waals surface area contributed by atoms with Crippen LogP contribution < -0.4 is 0 Å². The normalized spacial score (nSPS) is 12.5. The van der Waals surface area contributed by atoms with E-state index in [-0.39, 0.29) is 18.9 Å². The van der Waals surface area contributed by atoms with Gasteiger partial charge in [-0.15, -0.1) is 0 Å². The summed E-state index contributed by atoms with van der Waals surface area (Å²) >= 11 is 0. The lowest BCUT2D eigenvalue weighted by molar-refractivity contribution is -0.156. The number of halogens is 3. The van der Waals surface area contributed by atoms with Crippen LogP contribution in [0.5, 0.6) is 0 Å². The Hall–Kier alpha value is -2.84. The van der Waals surface area contributed by atoms with Gasteiger partial charge in [-0.05, 0) is 12.1 Å². The number of esters is 2. The van der Waals surface area contributed by atoms with E-state index in [0.717, 1.165) is 12.1 Å². The Morgan fingerprint density at radius 3 is 2.35 bits per heavy atom. The van der Waals surface area contributed by atoms with Crippen molar-refractivity contribution < 1.29 is 36.7 Å². The minimum atomic E-state index is -4.42. The summed E-state index contributed by atoms with van der Waals surface area (Å²) in [4.78, 5) is 26.2. The second-order valence-electron chi connectivity index (χ2n) is 5.44. The van der Waals surface area contributed by atoms with Crippen molar-refractivity contribution in [2.24, 2.45) is 0 Å². The number of rotatable bonds is 6. The molecule has 26 heavy (non-hydrogen) atoms. The molecule has 0 aliphatic rings. The van der Waals surface area contributed by atoms with E-state index >= 15 is 0 Å². The Labute approximate surface area is 146 Å². The van der Waals surface area contributed by atoms with Gasteiger partial charge in [-0.25, -0.2) is 4.98 Å². The Kier molecular flexibility index (Phi) is 6.01. The van der Waals surface area contributed by atoms with Gasteiger partial charge in [0.2, 0.25) is 0 Å². The van der Waals surface area contributed by atoms with Gasteiger partial charge >= 0.3 is 18.1 Å². The first kappa shape index (κ1) is 19.5. The van der Waals surface area contributed by atoms with Gasteiger partial charge in [-0.2, -0.15) is 13.2 Å². The van der Waals surface area contributed by atoms with Crippen LogP contribution in [0.15, 0.2) is 34.9 Å².